The Morgan fingerprint density at radius 2 is 2.11 bits per heavy atom. The van der Waals surface area contributed by atoms with Crippen molar-refractivity contribution in [3.8, 4) is 0 Å². The van der Waals surface area contributed by atoms with Crippen molar-refractivity contribution in [3.05, 3.63) is 28.7 Å². The lowest BCUT2D eigenvalue weighted by molar-refractivity contribution is -0.144. The van der Waals surface area contributed by atoms with Crippen LogP contribution in [0, 0.1) is 0 Å². The number of carboxylic acid groups (broad SMARTS) is 1. The third-order valence-corrected chi connectivity index (χ3v) is 5.44. The quantitative estimate of drug-likeness (QED) is 0.844. The number of rotatable bonds is 4. The van der Waals surface area contributed by atoms with Gasteiger partial charge < -0.3 is 9.84 Å². The molecule has 1 aliphatic heterocycles. The van der Waals surface area contributed by atoms with Crippen molar-refractivity contribution in [2.75, 3.05) is 13.2 Å². The van der Waals surface area contributed by atoms with E-state index in [0.717, 1.165) is 0 Å². The number of hydrogen-bond donors (Lipinski definition) is 2. The van der Waals surface area contributed by atoms with E-state index in [1.54, 1.807) is 18.2 Å². The molecular formula is C11H12BrNO5S. The lowest BCUT2D eigenvalue weighted by Gasteiger charge is -2.23. The molecule has 1 aromatic carbocycles. The van der Waals surface area contributed by atoms with Gasteiger partial charge in [0.15, 0.2) is 5.54 Å². The number of nitrogens with one attached hydrogen (secondary N) is 1. The molecule has 1 fully saturated rings. The average Bonchev–Trinajstić information content (AvgIpc) is 2.78. The van der Waals surface area contributed by atoms with Crippen LogP contribution in [0.2, 0.25) is 0 Å². The van der Waals surface area contributed by atoms with Crippen LogP contribution in [-0.4, -0.2) is 38.2 Å². The minimum absolute atomic E-state index is 0.00234. The van der Waals surface area contributed by atoms with Gasteiger partial charge in [0.1, 0.15) is 0 Å². The van der Waals surface area contributed by atoms with Crippen molar-refractivity contribution in [2.24, 2.45) is 0 Å². The van der Waals surface area contributed by atoms with E-state index < -0.39 is 21.5 Å². The van der Waals surface area contributed by atoms with Crippen molar-refractivity contribution in [1.82, 2.24) is 4.72 Å². The molecule has 1 aromatic rings. The zero-order chi connectivity index (χ0) is 14.1. The summed E-state index contributed by atoms with van der Waals surface area (Å²) in [4.78, 5) is 11.3. The van der Waals surface area contributed by atoms with Crippen LogP contribution in [-0.2, 0) is 19.6 Å². The molecule has 0 bridgehead atoms. The molecule has 1 atom stereocenters. The second-order valence-corrected chi connectivity index (χ2v) is 6.73. The normalized spacial score (nSPS) is 23.4. The molecule has 0 spiro atoms. The van der Waals surface area contributed by atoms with E-state index in [0.29, 0.717) is 4.47 Å². The number of benzene rings is 1. The number of halogens is 1. The van der Waals surface area contributed by atoms with E-state index in [1.807, 2.05) is 0 Å². The lowest BCUT2D eigenvalue weighted by Crippen LogP contribution is -2.55. The van der Waals surface area contributed by atoms with E-state index in [4.69, 9.17) is 4.74 Å². The monoisotopic (exact) mass is 349 g/mol. The third kappa shape index (κ3) is 2.81. The Bertz CT molecular complexity index is 595. The fourth-order valence-corrected chi connectivity index (χ4v) is 4.21. The van der Waals surface area contributed by atoms with Gasteiger partial charge in [-0.25, -0.2) is 8.42 Å². The molecule has 1 aliphatic rings. The van der Waals surface area contributed by atoms with Gasteiger partial charge in [-0.15, -0.1) is 0 Å². The second-order valence-electron chi connectivity index (χ2n) is 4.23. The summed E-state index contributed by atoms with van der Waals surface area (Å²) in [7, 11) is -3.94. The highest BCUT2D eigenvalue weighted by molar-refractivity contribution is 9.10. The van der Waals surface area contributed by atoms with Gasteiger partial charge in [0.25, 0.3) is 0 Å². The summed E-state index contributed by atoms with van der Waals surface area (Å²) in [5.41, 5.74) is -1.59. The predicted molar refractivity (Wildman–Crippen MR) is 70.3 cm³/mol. The molecule has 0 radical (unpaired) electrons. The maximum absolute atomic E-state index is 12.3. The lowest BCUT2D eigenvalue weighted by atomic mass is 10.0. The first kappa shape index (κ1) is 14.4. The molecule has 6 nitrogen and oxygen atoms in total. The van der Waals surface area contributed by atoms with E-state index in [9.17, 15) is 18.3 Å². The van der Waals surface area contributed by atoms with Crippen LogP contribution in [0.5, 0.6) is 0 Å². The van der Waals surface area contributed by atoms with Gasteiger partial charge >= 0.3 is 5.97 Å². The molecule has 8 heteroatoms. The van der Waals surface area contributed by atoms with E-state index in [1.165, 1.54) is 6.07 Å². The van der Waals surface area contributed by atoms with Crippen molar-refractivity contribution >= 4 is 31.9 Å². The van der Waals surface area contributed by atoms with Crippen LogP contribution in [0.4, 0.5) is 0 Å². The number of carboxylic acids is 1. The van der Waals surface area contributed by atoms with Crippen molar-refractivity contribution in [1.29, 1.82) is 0 Å². The first-order chi connectivity index (χ1) is 8.87. The van der Waals surface area contributed by atoms with E-state index in [-0.39, 0.29) is 24.5 Å². The fraction of sp³-hybridized carbons (Fsp3) is 0.364. The smallest absolute Gasteiger partial charge is 0.327 e. The maximum Gasteiger partial charge on any atom is 0.327 e. The molecule has 1 unspecified atom stereocenters. The number of ether oxygens (including phenoxy) is 1. The zero-order valence-corrected chi connectivity index (χ0v) is 12.2. The Kier molecular flexibility index (Phi) is 3.95. The van der Waals surface area contributed by atoms with Gasteiger partial charge in [-0.3, -0.25) is 4.79 Å². The van der Waals surface area contributed by atoms with Crippen LogP contribution >= 0.6 is 15.9 Å². The van der Waals surface area contributed by atoms with Gasteiger partial charge in [-0.05, 0) is 28.1 Å². The standard InChI is InChI=1S/C11H12BrNO5S/c12-8-3-1-2-4-9(8)19(16,17)13-11(10(14)15)5-6-18-7-11/h1-4,13H,5-7H2,(H,14,15). The number of aliphatic carboxylic acids is 1. The molecule has 0 saturated carbocycles. The molecule has 0 aliphatic carbocycles. The molecule has 0 aromatic heterocycles. The molecule has 19 heavy (non-hydrogen) atoms. The van der Waals surface area contributed by atoms with Gasteiger partial charge in [0, 0.05) is 17.5 Å². The molecule has 2 rings (SSSR count). The van der Waals surface area contributed by atoms with E-state index in [2.05, 4.69) is 20.7 Å². The van der Waals surface area contributed by atoms with Gasteiger partial charge in [0.2, 0.25) is 10.0 Å². The maximum atomic E-state index is 12.3. The van der Waals surface area contributed by atoms with Crippen molar-refractivity contribution < 1.29 is 23.1 Å². The molecule has 104 valence electrons. The van der Waals surface area contributed by atoms with Gasteiger partial charge in [-0.2, -0.15) is 4.72 Å². The largest absolute Gasteiger partial charge is 0.480 e. The summed E-state index contributed by atoms with van der Waals surface area (Å²) in [6.07, 6.45) is 0.103. The summed E-state index contributed by atoms with van der Waals surface area (Å²) in [5, 5.41) is 9.22. The molecule has 1 saturated heterocycles. The van der Waals surface area contributed by atoms with Crippen LogP contribution in [0.25, 0.3) is 0 Å². The molecule has 2 N–H and O–H groups in total. The summed E-state index contributed by atoms with van der Waals surface area (Å²) in [5.74, 6) is -1.24. The van der Waals surface area contributed by atoms with Crippen LogP contribution in [0.1, 0.15) is 6.42 Å². The molecule has 1 heterocycles. The Labute approximate surface area is 118 Å². The van der Waals surface area contributed by atoms with E-state index >= 15 is 0 Å². The van der Waals surface area contributed by atoms with Crippen molar-refractivity contribution in [3.63, 3.8) is 0 Å². The highest BCUT2D eigenvalue weighted by atomic mass is 79.9. The summed E-state index contributed by atoms with van der Waals surface area (Å²) >= 11 is 3.14. The average molecular weight is 350 g/mol. The first-order valence-electron chi connectivity index (χ1n) is 5.47. The summed E-state index contributed by atoms with van der Waals surface area (Å²) < 4.78 is 32.2. The van der Waals surface area contributed by atoms with Crippen molar-refractivity contribution in [2.45, 2.75) is 16.9 Å². The Morgan fingerprint density at radius 3 is 2.63 bits per heavy atom. The van der Waals surface area contributed by atoms with Gasteiger partial charge in [-0.1, -0.05) is 12.1 Å². The highest BCUT2D eigenvalue weighted by Crippen LogP contribution is 2.26. The summed E-state index contributed by atoms with van der Waals surface area (Å²) in [6.45, 7) is 0.0385. The number of carbonyl (C=O) groups is 1. The summed E-state index contributed by atoms with van der Waals surface area (Å²) in [6, 6.07) is 6.22. The minimum Gasteiger partial charge on any atom is -0.480 e. The van der Waals surface area contributed by atoms with Crippen LogP contribution < -0.4 is 4.72 Å². The predicted octanol–water partition coefficient (Wildman–Crippen LogP) is 0.971. The Morgan fingerprint density at radius 1 is 1.42 bits per heavy atom. The fourth-order valence-electron chi connectivity index (χ4n) is 1.83. The van der Waals surface area contributed by atoms with Crippen LogP contribution in [0.3, 0.4) is 0 Å². The van der Waals surface area contributed by atoms with Gasteiger partial charge in [0.05, 0.1) is 11.5 Å². The Balaban J connectivity index is 2.36. The first-order valence-corrected chi connectivity index (χ1v) is 7.75. The number of hydrogen-bond acceptors (Lipinski definition) is 4. The molecular weight excluding hydrogens is 338 g/mol. The van der Waals surface area contributed by atoms with Crippen LogP contribution in [0.15, 0.2) is 33.6 Å². The third-order valence-electron chi connectivity index (χ3n) is 2.89. The minimum atomic E-state index is -3.94. The highest BCUT2D eigenvalue weighted by Gasteiger charge is 2.46. The SMILES string of the molecule is O=C(O)C1(NS(=O)(=O)c2ccccc2Br)CCOC1. The second kappa shape index (κ2) is 5.20. The topological polar surface area (TPSA) is 92.7 Å². The number of sulfonamides is 1. The Hall–Kier alpha value is -0.960. The molecule has 0 amide bonds. The zero-order valence-electron chi connectivity index (χ0n) is 9.80.